The highest BCUT2D eigenvalue weighted by molar-refractivity contribution is 7.89. The van der Waals surface area contributed by atoms with Crippen LogP contribution in [0, 0.1) is 22.9 Å². The van der Waals surface area contributed by atoms with Gasteiger partial charge in [0, 0.05) is 6.07 Å². The van der Waals surface area contributed by atoms with Crippen LogP contribution in [0.3, 0.4) is 0 Å². The van der Waals surface area contributed by atoms with E-state index < -0.39 is 43.4 Å². The van der Waals surface area contributed by atoms with Crippen molar-refractivity contribution >= 4 is 21.7 Å². The number of carboxylic acid groups (broad SMARTS) is 1. The molecule has 0 bridgehead atoms. The molecular formula is C10H11FN2O6S. The van der Waals surface area contributed by atoms with Gasteiger partial charge in [-0.3, -0.25) is 14.9 Å². The lowest BCUT2D eigenvalue weighted by molar-refractivity contribution is -0.385. The van der Waals surface area contributed by atoms with Gasteiger partial charge < -0.3 is 5.11 Å². The van der Waals surface area contributed by atoms with Crippen molar-refractivity contribution in [2.45, 2.75) is 24.8 Å². The minimum atomic E-state index is -4.38. The Balaban J connectivity index is 3.33. The summed E-state index contributed by atoms with van der Waals surface area (Å²) in [4.78, 5) is 19.7. The molecule has 110 valence electrons. The average molecular weight is 306 g/mol. The van der Waals surface area contributed by atoms with Crippen LogP contribution >= 0.6 is 0 Å². The van der Waals surface area contributed by atoms with Crippen molar-refractivity contribution in [3.63, 3.8) is 0 Å². The van der Waals surface area contributed by atoms with Crippen molar-refractivity contribution in [1.29, 1.82) is 0 Å². The number of carbonyl (C=O) groups is 1. The number of hydrogen-bond donors (Lipinski definition) is 2. The predicted molar refractivity (Wildman–Crippen MR) is 65.2 cm³/mol. The normalized spacial score (nSPS) is 12.9. The molecule has 0 aliphatic rings. The highest BCUT2D eigenvalue weighted by atomic mass is 32.2. The number of hydrogen-bond acceptors (Lipinski definition) is 5. The van der Waals surface area contributed by atoms with E-state index >= 15 is 0 Å². The topological polar surface area (TPSA) is 127 Å². The highest BCUT2D eigenvalue weighted by Gasteiger charge is 2.26. The summed E-state index contributed by atoms with van der Waals surface area (Å²) in [5.74, 6) is -2.50. The molecule has 2 N–H and O–H groups in total. The van der Waals surface area contributed by atoms with E-state index in [2.05, 4.69) is 0 Å². The maximum absolute atomic E-state index is 13.5. The Morgan fingerprint density at radius 3 is 2.50 bits per heavy atom. The quantitative estimate of drug-likeness (QED) is 0.611. The van der Waals surface area contributed by atoms with Gasteiger partial charge in [-0.05, 0) is 19.9 Å². The van der Waals surface area contributed by atoms with Crippen LogP contribution in [0.1, 0.15) is 12.5 Å². The minimum absolute atomic E-state index is 0.305. The van der Waals surface area contributed by atoms with Crippen LogP contribution in [0.2, 0.25) is 0 Å². The molecule has 0 aliphatic heterocycles. The van der Waals surface area contributed by atoms with E-state index in [0.717, 1.165) is 13.8 Å². The van der Waals surface area contributed by atoms with E-state index in [1.807, 2.05) is 0 Å². The van der Waals surface area contributed by atoms with Crippen molar-refractivity contribution in [2.24, 2.45) is 0 Å². The second-order valence-electron chi connectivity index (χ2n) is 3.99. The smallest absolute Gasteiger partial charge is 0.321 e. The van der Waals surface area contributed by atoms with Crippen molar-refractivity contribution in [3.05, 3.63) is 33.6 Å². The van der Waals surface area contributed by atoms with Gasteiger partial charge in [0.05, 0.1) is 15.4 Å². The van der Waals surface area contributed by atoms with Gasteiger partial charge >= 0.3 is 5.97 Å². The van der Waals surface area contributed by atoms with E-state index in [-0.39, 0.29) is 5.56 Å². The monoisotopic (exact) mass is 306 g/mol. The number of nitrogens with one attached hydrogen (secondary N) is 1. The Morgan fingerprint density at radius 2 is 2.05 bits per heavy atom. The molecule has 1 aromatic rings. The lowest BCUT2D eigenvalue weighted by atomic mass is 10.2. The van der Waals surface area contributed by atoms with E-state index in [9.17, 15) is 27.7 Å². The van der Waals surface area contributed by atoms with Crippen LogP contribution in [0.4, 0.5) is 10.1 Å². The van der Waals surface area contributed by atoms with Gasteiger partial charge in [-0.1, -0.05) is 0 Å². The van der Waals surface area contributed by atoms with E-state index in [1.165, 1.54) is 0 Å². The first-order valence-electron chi connectivity index (χ1n) is 5.26. The first kappa shape index (κ1) is 16.0. The second kappa shape index (κ2) is 5.51. The molecule has 1 aromatic carbocycles. The molecule has 20 heavy (non-hydrogen) atoms. The van der Waals surface area contributed by atoms with Crippen LogP contribution in [0.15, 0.2) is 17.0 Å². The Hall–Kier alpha value is -2.07. The third-order valence-electron chi connectivity index (χ3n) is 2.50. The molecule has 0 saturated heterocycles. The number of nitrogens with zero attached hydrogens (tertiary/aromatic N) is 1. The van der Waals surface area contributed by atoms with Crippen LogP contribution in [0.25, 0.3) is 0 Å². The standard InChI is InChI=1S/C10H11FN2O6S/c1-5-8(11)3-7(4-9(5)13(16)17)20(18,19)12-6(2)10(14)15/h3-4,6,12H,1-2H3,(H,14,15). The maximum atomic E-state index is 13.5. The van der Waals surface area contributed by atoms with E-state index in [4.69, 9.17) is 5.11 Å². The average Bonchev–Trinajstić information content (AvgIpc) is 2.31. The molecule has 1 rings (SSSR count). The molecule has 0 heterocycles. The van der Waals surface area contributed by atoms with Crippen molar-refractivity contribution in [2.75, 3.05) is 0 Å². The Bertz CT molecular complexity index is 673. The Morgan fingerprint density at radius 1 is 1.50 bits per heavy atom. The molecule has 0 amide bonds. The van der Waals surface area contributed by atoms with Crippen LogP contribution < -0.4 is 4.72 Å². The minimum Gasteiger partial charge on any atom is -0.480 e. The summed E-state index contributed by atoms with van der Waals surface area (Å²) in [6.07, 6.45) is 0. The SMILES string of the molecule is Cc1c(F)cc(S(=O)(=O)NC(C)C(=O)O)cc1[N+](=O)[O-]. The summed E-state index contributed by atoms with van der Waals surface area (Å²) in [5.41, 5.74) is -1.01. The largest absolute Gasteiger partial charge is 0.480 e. The number of nitro groups is 1. The lowest BCUT2D eigenvalue weighted by Crippen LogP contribution is -2.38. The zero-order valence-electron chi connectivity index (χ0n) is 10.5. The third-order valence-corrected chi connectivity index (χ3v) is 4.02. The fourth-order valence-corrected chi connectivity index (χ4v) is 2.56. The second-order valence-corrected chi connectivity index (χ2v) is 5.70. The summed E-state index contributed by atoms with van der Waals surface area (Å²) < 4.78 is 38.9. The number of carboxylic acids is 1. The number of halogens is 1. The third kappa shape index (κ3) is 3.27. The summed E-state index contributed by atoms with van der Waals surface area (Å²) in [6, 6.07) is -0.183. The number of nitro benzene ring substituents is 1. The van der Waals surface area contributed by atoms with Crippen LogP contribution in [-0.4, -0.2) is 30.5 Å². The van der Waals surface area contributed by atoms with Crippen molar-refractivity contribution in [1.82, 2.24) is 4.72 Å². The number of rotatable bonds is 5. The summed E-state index contributed by atoms with van der Waals surface area (Å²) in [7, 11) is -4.38. The summed E-state index contributed by atoms with van der Waals surface area (Å²) >= 11 is 0. The number of benzene rings is 1. The highest BCUT2D eigenvalue weighted by Crippen LogP contribution is 2.25. The van der Waals surface area contributed by atoms with Gasteiger partial charge in [-0.25, -0.2) is 12.8 Å². The first-order chi connectivity index (χ1) is 9.06. The number of aliphatic carboxylic acids is 1. The molecule has 8 nitrogen and oxygen atoms in total. The molecule has 0 radical (unpaired) electrons. The first-order valence-corrected chi connectivity index (χ1v) is 6.74. The molecule has 1 atom stereocenters. The van der Waals surface area contributed by atoms with Crippen LogP contribution in [-0.2, 0) is 14.8 Å². The van der Waals surface area contributed by atoms with Gasteiger partial charge in [0.15, 0.2) is 0 Å². The van der Waals surface area contributed by atoms with E-state index in [0.29, 0.717) is 12.1 Å². The summed E-state index contributed by atoms with van der Waals surface area (Å²) in [5, 5.41) is 19.3. The molecule has 0 fully saturated rings. The molecule has 1 unspecified atom stereocenters. The molecule has 0 saturated carbocycles. The lowest BCUT2D eigenvalue weighted by Gasteiger charge is -2.11. The zero-order valence-corrected chi connectivity index (χ0v) is 11.3. The molecule has 0 spiro atoms. The molecule has 0 aliphatic carbocycles. The fourth-order valence-electron chi connectivity index (χ4n) is 1.34. The van der Waals surface area contributed by atoms with Gasteiger partial charge in [-0.2, -0.15) is 4.72 Å². The van der Waals surface area contributed by atoms with Crippen molar-refractivity contribution in [3.8, 4) is 0 Å². The van der Waals surface area contributed by atoms with Gasteiger partial charge in [-0.15, -0.1) is 0 Å². The van der Waals surface area contributed by atoms with Gasteiger partial charge in [0.1, 0.15) is 11.9 Å². The van der Waals surface area contributed by atoms with Crippen LogP contribution in [0.5, 0.6) is 0 Å². The van der Waals surface area contributed by atoms with Crippen molar-refractivity contribution < 1.29 is 27.6 Å². The van der Waals surface area contributed by atoms with Gasteiger partial charge in [0.2, 0.25) is 10.0 Å². The van der Waals surface area contributed by atoms with Gasteiger partial charge in [0.25, 0.3) is 5.69 Å². The molecule has 0 aromatic heterocycles. The Kier molecular flexibility index (Phi) is 4.40. The zero-order chi connectivity index (χ0) is 15.7. The maximum Gasteiger partial charge on any atom is 0.321 e. The number of sulfonamides is 1. The summed E-state index contributed by atoms with van der Waals surface area (Å²) in [6.45, 7) is 2.20. The Labute approximate surface area is 113 Å². The van der Waals surface area contributed by atoms with E-state index in [1.54, 1.807) is 4.72 Å². The predicted octanol–water partition coefficient (Wildman–Crippen LogP) is 0.794. The fraction of sp³-hybridized carbons (Fsp3) is 0.300. The molecular weight excluding hydrogens is 295 g/mol. The molecule has 10 heteroatoms.